The molecule has 0 aliphatic heterocycles. The van der Waals surface area contributed by atoms with Crippen LogP contribution in [0.5, 0.6) is 0 Å². The number of ketones is 2. The Morgan fingerprint density at radius 1 is 0.804 bits per heavy atom. The summed E-state index contributed by atoms with van der Waals surface area (Å²) < 4.78 is 4.98. The predicted octanol–water partition coefficient (Wildman–Crippen LogP) is 9.34. The van der Waals surface area contributed by atoms with Crippen molar-refractivity contribution in [2.24, 2.45) is 16.5 Å². The fraction of sp³-hybridized carbons (Fsp3) is 0.512. The number of hydrogen-bond acceptors (Lipinski definition) is 10. The van der Waals surface area contributed by atoms with Crippen molar-refractivity contribution < 1.29 is 32.9 Å². The second-order valence-corrected chi connectivity index (χ2v) is 10.6. The number of rotatable bonds is 8. The fourth-order valence-electron chi connectivity index (χ4n) is 2.65. The zero-order valence-electron chi connectivity index (χ0n) is 38.3. The third-order valence-electron chi connectivity index (χ3n) is 4.74. The van der Waals surface area contributed by atoms with Crippen molar-refractivity contribution in [2.75, 3.05) is 47.7 Å². The molecule has 1 heterocycles. The monoisotopic (exact) mass is 823 g/mol. The Bertz CT molecular complexity index is 1260. The molecular formula is C43H81N9O3V. The third kappa shape index (κ3) is 61.9. The molecule has 3 aromatic rings. The molecule has 6 N–H and O–H groups in total. The molecule has 1 saturated carbocycles. The minimum absolute atomic E-state index is 0. The van der Waals surface area contributed by atoms with Crippen molar-refractivity contribution >= 4 is 34.8 Å². The molecule has 0 bridgehead atoms. The Morgan fingerprint density at radius 2 is 1.23 bits per heavy atom. The molecule has 1 aliphatic rings. The first kappa shape index (κ1) is 66.7. The van der Waals surface area contributed by atoms with Crippen LogP contribution in [0.4, 0.5) is 17.3 Å². The van der Waals surface area contributed by atoms with Crippen LogP contribution in [0.1, 0.15) is 101 Å². The van der Waals surface area contributed by atoms with Gasteiger partial charge in [0.05, 0.1) is 5.69 Å². The van der Waals surface area contributed by atoms with Gasteiger partial charge in [0.25, 0.3) is 0 Å². The zero-order valence-corrected chi connectivity index (χ0v) is 39.7. The van der Waals surface area contributed by atoms with Crippen molar-refractivity contribution in [3.05, 3.63) is 90.9 Å². The molecule has 56 heavy (non-hydrogen) atoms. The molecule has 1 fully saturated rings. The Kier molecular flexibility index (Phi) is 63.2. The van der Waals surface area contributed by atoms with E-state index in [1.54, 1.807) is 19.5 Å². The first-order valence-corrected chi connectivity index (χ1v) is 19.2. The van der Waals surface area contributed by atoms with E-state index in [9.17, 15) is 9.59 Å². The first-order valence-electron chi connectivity index (χ1n) is 19.2. The summed E-state index contributed by atoms with van der Waals surface area (Å²) in [5.74, 6) is 0.973. The number of nitrogens with two attached hydrogens (primary N) is 2. The van der Waals surface area contributed by atoms with Crippen LogP contribution in [0.3, 0.4) is 0 Å². The summed E-state index contributed by atoms with van der Waals surface area (Å²) in [6.45, 7) is 22.5. The predicted molar refractivity (Wildman–Crippen MR) is 241 cm³/mol. The van der Waals surface area contributed by atoms with E-state index in [4.69, 9.17) is 16.2 Å². The quantitative estimate of drug-likeness (QED) is 0.0741. The number of anilines is 2. The summed E-state index contributed by atoms with van der Waals surface area (Å²) in [7, 11) is 11.2. The van der Waals surface area contributed by atoms with Gasteiger partial charge in [-0.05, 0) is 85.2 Å². The minimum Gasteiger partial charge on any atom is -0.383 e. The van der Waals surface area contributed by atoms with E-state index in [-0.39, 0.29) is 42.4 Å². The molecule has 1 aromatic heterocycles. The number of aryl methyl sites for hydroxylation is 1. The topological polar surface area (TPSA) is 164 Å². The van der Waals surface area contributed by atoms with Gasteiger partial charge in [-0.3, -0.25) is 15.0 Å². The van der Waals surface area contributed by atoms with Crippen LogP contribution in [0.15, 0.2) is 90.2 Å². The summed E-state index contributed by atoms with van der Waals surface area (Å²) in [4.78, 5) is 35.6. The maximum atomic E-state index is 10.2. The van der Waals surface area contributed by atoms with E-state index in [1.807, 2.05) is 174 Å². The van der Waals surface area contributed by atoms with Gasteiger partial charge < -0.3 is 31.2 Å². The van der Waals surface area contributed by atoms with Gasteiger partial charge in [0, 0.05) is 63.5 Å². The van der Waals surface area contributed by atoms with Crippen molar-refractivity contribution in [2.45, 2.75) is 109 Å². The normalized spacial score (nSPS) is 9.70. The van der Waals surface area contributed by atoms with Gasteiger partial charge in [0.15, 0.2) is 18.1 Å². The summed E-state index contributed by atoms with van der Waals surface area (Å²) in [6.07, 6.45) is 9.53. The fourth-order valence-corrected chi connectivity index (χ4v) is 2.65. The first-order chi connectivity index (χ1) is 26.2. The van der Waals surface area contributed by atoms with E-state index in [1.165, 1.54) is 46.1 Å². The third-order valence-corrected chi connectivity index (χ3v) is 4.74. The number of methoxy groups -OCH3 is 1. The van der Waals surface area contributed by atoms with Crippen molar-refractivity contribution in [1.29, 1.82) is 0 Å². The molecule has 1 atom stereocenters. The van der Waals surface area contributed by atoms with E-state index >= 15 is 0 Å². The molecule has 0 saturated heterocycles. The van der Waals surface area contributed by atoms with E-state index in [0.29, 0.717) is 5.95 Å². The van der Waals surface area contributed by atoms with E-state index < -0.39 is 0 Å². The molecule has 13 heteroatoms. The van der Waals surface area contributed by atoms with Gasteiger partial charge in [0.1, 0.15) is 5.78 Å². The second-order valence-electron chi connectivity index (χ2n) is 10.6. The number of benzene rings is 2. The number of carbonyl (C=O) groups is 2. The van der Waals surface area contributed by atoms with Crippen LogP contribution in [0, 0.1) is 6.92 Å². The van der Waals surface area contributed by atoms with Crippen LogP contribution in [0.25, 0.3) is 0 Å². The van der Waals surface area contributed by atoms with Crippen molar-refractivity contribution in [3.8, 4) is 0 Å². The standard InChI is InChI=1S/C11H11N3.C7H9N3.C6H11NO.C5H14N2O.C3H6O.C3H6.4C2H6.V/c1-9-7-8-12-11(13-9)14-10-5-3-2-4-6-10;8-7(9)10-6-4-2-1-3-5-6;1-6(8)4-5-7(2)3;1-6-5(8-4)7(2)3;1-3(2)4;1-2-3-1;4*1-2;/h2-8H,1H3,(H,12,13,14);1-5H,(H4,8,9,10);4-5H,1-3H3;5-6H,1-4H3;1-2H3;1-3H2;4*1-2H3;/b;;5-4+;;;;;;;;. The van der Waals surface area contributed by atoms with Gasteiger partial charge in [-0.25, -0.2) is 15.0 Å². The number of aliphatic imine (C=N–C) groups is 1. The van der Waals surface area contributed by atoms with Gasteiger partial charge in [-0.2, -0.15) is 0 Å². The maximum Gasteiger partial charge on any atom is 0.227 e. The van der Waals surface area contributed by atoms with Gasteiger partial charge in [-0.15, -0.1) is 0 Å². The number of ether oxygens (including phenoxy) is 1. The van der Waals surface area contributed by atoms with Crippen LogP contribution < -0.4 is 22.1 Å². The van der Waals surface area contributed by atoms with E-state index in [2.05, 4.69) is 25.6 Å². The van der Waals surface area contributed by atoms with Crippen LogP contribution in [-0.2, 0) is 32.9 Å². The molecule has 4 rings (SSSR count). The molecule has 1 aliphatic carbocycles. The Hall–Kier alpha value is -4.07. The molecule has 321 valence electrons. The number of nitrogens with one attached hydrogen (secondary N) is 2. The zero-order chi connectivity index (χ0) is 44.0. The maximum absolute atomic E-state index is 10.2. The van der Waals surface area contributed by atoms with Crippen LogP contribution in [0.2, 0.25) is 0 Å². The van der Waals surface area contributed by atoms with Crippen molar-refractivity contribution in [3.63, 3.8) is 0 Å². The Morgan fingerprint density at radius 3 is 1.50 bits per heavy atom. The number of Topliss-reactive ketones (excluding diaryl/α,β-unsaturated/α-hetero) is 1. The molecule has 2 aromatic carbocycles. The largest absolute Gasteiger partial charge is 0.383 e. The SMILES string of the molecule is C1CC1.CC.CC.CC.CC.CC(=O)/C=C/N(C)C.CC(C)=O.CNC(OC)N(C)C.Cc1ccnc(Nc2ccccc2)n1.NC(N)=Nc1ccccc1.[V]. The average molecular weight is 823 g/mol. The van der Waals surface area contributed by atoms with Gasteiger partial charge in [-0.1, -0.05) is 111 Å². The average Bonchev–Trinajstić information content (AvgIpc) is 4.06. The summed E-state index contributed by atoms with van der Waals surface area (Å²) in [5.41, 5.74) is 13.0. The Labute approximate surface area is 355 Å². The number of nitrogens with zero attached hydrogens (tertiary/aromatic N) is 5. The molecular weight excluding hydrogens is 741 g/mol. The number of guanidine groups is 1. The number of allylic oxidation sites excluding steroid dienone is 1. The van der Waals surface area contributed by atoms with Gasteiger partial charge in [0.2, 0.25) is 5.95 Å². The second kappa shape index (κ2) is 53.0. The van der Waals surface area contributed by atoms with Crippen molar-refractivity contribution in [1.82, 2.24) is 25.1 Å². The smallest absolute Gasteiger partial charge is 0.227 e. The number of hydrogen-bond donors (Lipinski definition) is 4. The van der Waals surface area contributed by atoms with Crippen LogP contribution >= 0.6 is 0 Å². The molecule has 0 spiro atoms. The molecule has 12 nitrogen and oxygen atoms in total. The minimum atomic E-state index is 0. The summed E-state index contributed by atoms with van der Waals surface area (Å²) in [6, 6.07) is 21.1. The number of carbonyl (C=O) groups excluding carboxylic acids is 2. The summed E-state index contributed by atoms with van der Waals surface area (Å²) in [5, 5.41) is 6.08. The number of aromatic nitrogens is 2. The molecule has 1 unspecified atom stereocenters. The van der Waals surface area contributed by atoms with E-state index in [0.717, 1.165) is 17.1 Å². The van der Waals surface area contributed by atoms with Gasteiger partial charge >= 0.3 is 0 Å². The summed E-state index contributed by atoms with van der Waals surface area (Å²) >= 11 is 0. The van der Waals surface area contributed by atoms with Crippen LogP contribution in [-0.4, -0.2) is 86.0 Å². The molecule has 1 radical (unpaired) electrons. The number of para-hydroxylation sites is 2. The molecule has 0 amide bonds. The Balaban J connectivity index is -0.000000103.